The van der Waals surface area contributed by atoms with Crippen molar-refractivity contribution in [2.45, 2.75) is 52.2 Å². The zero-order valence-corrected chi connectivity index (χ0v) is 22.8. The van der Waals surface area contributed by atoms with E-state index in [0.29, 0.717) is 28.2 Å². The summed E-state index contributed by atoms with van der Waals surface area (Å²) in [4.78, 5) is 16.5. The third kappa shape index (κ3) is 6.29. The van der Waals surface area contributed by atoms with Crippen molar-refractivity contribution in [2.24, 2.45) is 5.41 Å². The van der Waals surface area contributed by atoms with E-state index >= 15 is 0 Å². The summed E-state index contributed by atoms with van der Waals surface area (Å²) in [7, 11) is 1.48. The fourth-order valence-electron chi connectivity index (χ4n) is 5.15. The number of pyridine rings is 1. The summed E-state index contributed by atoms with van der Waals surface area (Å²) in [5.74, 6) is 0.0770. The highest BCUT2D eigenvalue weighted by atomic mass is 19.1. The third-order valence-corrected chi connectivity index (χ3v) is 7.08. The van der Waals surface area contributed by atoms with Gasteiger partial charge in [0.2, 0.25) is 0 Å². The summed E-state index contributed by atoms with van der Waals surface area (Å²) >= 11 is 0. The number of hydrogen-bond acceptors (Lipinski definition) is 7. The molecule has 0 aliphatic heterocycles. The van der Waals surface area contributed by atoms with Gasteiger partial charge in [0.25, 0.3) is 0 Å². The number of ether oxygens (including phenoxy) is 3. The van der Waals surface area contributed by atoms with E-state index in [1.807, 2.05) is 13.8 Å². The van der Waals surface area contributed by atoms with Crippen molar-refractivity contribution < 1.29 is 33.6 Å². The Hall–Kier alpha value is -3.75. The van der Waals surface area contributed by atoms with Crippen LogP contribution in [0.25, 0.3) is 5.57 Å². The van der Waals surface area contributed by atoms with E-state index in [9.17, 15) is 19.4 Å². The van der Waals surface area contributed by atoms with E-state index in [1.54, 1.807) is 62.6 Å². The molecule has 0 fully saturated rings. The molecule has 1 aliphatic carbocycles. The van der Waals surface area contributed by atoms with Crippen molar-refractivity contribution in [2.75, 3.05) is 13.7 Å². The van der Waals surface area contributed by atoms with Crippen LogP contribution in [0.4, 0.5) is 4.39 Å². The number of carbonyl (C=O) groups is 1. The SMILES string of the molecule is COc1cc(OC(=O)Cc2cccnc2)ccc1C1=C(COc2cc(F)ccc2C)C(C)(O)CC(C)(C)C1O. The molecule has 3 aromatic rings. The lowest BCUT2D eigenvalue weighted by Gasteiger charge is -2.46. The molecule has 0 saturated carbocycles. The molecule has 206 valence electrons. The van der Waals surface area contributed by atoms with Crippen LogP contribution in [0.3, 0.4) is 0 Å². The summed E-state index contributed by atoms with van der Waals surface area (Å²) < 4.78 is 31.1. The van der Waals surface area contributed by atoms with Gasteiger partial charge in [-0.2, -0.15) is 0 Å². The van der Waals surface area contributed by atoms with Crippen LogP contribution in [0.2, 0.25) is 0 Å². The summed E-state index contributed by atoms with van der Waals surface area (Å²) in [6, 6.07) is 12.7. The van der Waals surface area contributed by atoms with Gasteiger partial charge >= 0.3 is 5.97 Å². The quantitative estimate of drug-likeness (QED) is 0.307. The van der Waals surface area contributed by atoms with Crippen molar-refractivity contribution in [3.63, 3.8) is 0 Å². The van der Waals surface area contributed by atoms with Crippen LogP contribution in [-0.4, -0.2) is 46.6 Å². The molecule has 0 bridgehead atoms. The molecular weight excluding hydrogens is 501 g/mol. The Labute approximate surface area is 227 Å². The number of hydrogen-bond donors (Lipinski definition) is 2. The van der Waals surface area contributed by atoms with Gasteiger partial charge in [-0.15, -0.1) is 0 Å². The Bertz CT molecular complexity index is 1380. The van der Waals surface area contributed by atoms with Gasteiger partial charge in [-0.3, -0.25) is 9.78 Å². The molecule has 7 nitrogen and oxygen atoms in total. The van der Waals surface area contributed by atoms with Crippen molar-refractivity contribution in [3.8, 4) is 17.2 Å². The molecule has 0 amide bonds. The Kier molecular flexibility index (Phi) is 8.09. The molecule has 2 atom stereocenters. The highest BCUT2D eigenvalue weighted by molar-refractivity contribution is 5.80. The molecule has 0 saturated heterocycles. The fourth-order valence-corrected chi connectivity index (χ4v) is 5.15. The largest absolute Gasteiger partial charge is 0.496 e. The second kappa shape index (κ2) is 11.2. The van der Waals surface area contributed by atoms with Crippen LogP contribution in [0.15, 0.2) is 66.5 Å². The number of benzene rings is 2. The van der Waals surface area contributed by atoms with Crippen LogP contribution >= 0.6 is 0 Å². The van der Waals surface area contributed by atoms with Crippen molar-refractivity contribution in [1.29, 1.82) is 0 Å². The van der Waals surface area contributed by atoms with Crippen molar-refractivity contribution >= 4 is 11.5 Å². The van der Waals surface area contributed by atoms with Gasteiger partial charge in [-0.05, 0) is 66.6 Å². The summed E-state index contributed by atoms with van der Waals surface area (Å²) in [6.07, 6.45) is 2.59. The molecule has 1 aliphatic rings. The average molecular weight is 536 g/mol. The second-order valence-corrected chi connectivity index (χ2v) is 10.8. The lowest BCUT2D eigenvalue weighted by molar-refractivity contribution is -0.133. The monoisotopic (exact) mass is 535 g/mol. The maximum absolute atomic E-state index is 13.9. The Morgan fingerprint density at radius 1 is 1.13 bits per heavy atom. The smallest absolute Gasteiger partial charge is 0.315 e. The molecule has 0 radical (unpaired) electrons. The van der Waals surface area contributed by atoms with Gasteiger partial charge in [0.1, 0.15) is 29.7 Å². The summed E-state index contributed by atoms with van der Waals surface area (Å²) in [5.41, 5.74) is 0.887. The van der Waals surface area contributed by atoms with Gasteiger partial charge in [0, 0.05) is 35.7 Å². The van der Waals surface area contributed by atoms with E-state index in [1.165, 1.54) is 19.2 Å². The van der Waals surface area contributed by atoms with Crippen molar-refractivity contribution in [1.82, 2.24) is 4.98 Å². The number of carbonyl (C=O) groups excluding carboxylic acids is 1. The molecule has 2 unspecified atom stereocenters. The molecule has 2 N–H and O–H groups in total. The predicted octanol–water partition coefficient (Wildman–Crippen LogP) is 5.06. The summed E-state index contributed by atoms with van der Waals surface area (Å²) in [5, 5.41) is 23.1. The number of methoxy groups -OCH3 is 1. The Morgan fingerprint density at radius 3 is 2.59 bits per heavy atom. The molecule has 39 heavy (non-hydrogen) atoms. The maximum Gasteiger partial charge on any atom is 0.315 e. The van der Waals surface area contributed by atoms with E-state index in [-0.39, 0.29) is 25.2 Å². The number of nitrogens with zero attached hydrogens (tertiary/aromatic N) is 1. The zero-order valence-electron chi connectivity index (χ0n) is 22.8. The van der Waals surface area contributed by atoms with E-state index in [0.717, 1.165) is 11.1 Å². The van der Waals surface area contributed by atoms with Crippen LogP contribution in [0.5, 0.6) is 17.2 Å². The van der Waals surface area contributed by atoms with E-state index in [2.05, 4.69) is 4.98 Å². The minimum atomic E-state index is -1.33. The molecule has 1 aromatic heterocycles. The Balaban J connectivity index is 1.71. The van der Waals surface area contributed by atoms with Crippen LogP contribution in [0, 0.1) is 18.2 Å². The summed E-state index contributed by atoms with van der Waals surface area (Å²) in [6.45, 7) is 7.16. The zero-order chi connectivity index (χ0) is 28.4. The molecule has 2 aromatic carbocycles. The average Bonchev–Trinajstić information content (AvgIpc) is 2.87. The molecule has 1 heterocycles. The van der Waals surface area contributed by atoms with Crippen molar-refractivity contribution in [3.05, 3.63) is 89.0 Å². The van der Waals surface area contributed by atoms with Crippen LogP contribution in [0.1, 0.15) is 43.9 Å². The minimum Gasteiger partial charge on any atom is -0.496 e. The van der Waals surface area contributed by atoms with Crippen LogP contribution in [-0.2, 0) is 11.2 Å². The van der Waals surface area contributed by atoms with Gasteiger partial charge < -0.3 is 24.4 Å². The molecule has 4 rings (SSSR count). The third-order valence-electron chi connectivity index (χ3n) is 7.08. The molecule has 0 spiro atoms. The van der Waals surface area contributed by atoms with Gasteiger partial charge in [-0.1, -0.05) is 26.0 Å². The lowest BCUT2D eigenvalue weighted by atomic mass is 9.64. The van der Waals surface area contributed by atoms with Gasteiger partial charge in [-0.25, -0.2) is 4.39 Å². The predicted molar refractivity (Wildman–Crippen MR) is 145 cm³/mol. The first-order chi connectivity index (χ1) is 18.4. The highest BCUT2D eigenvalue weighted by Crippen LogP contribution is 2.50. The lowest BCUT2D eigenvalue weighted by Crippen LogP contribution is -2.47. The van der Waals surface area contributed by atoms with E-state index in [4.69, 9.17) is 14.2 Å². The number of aromatic nitrogens is 1. The molecular formula is C31H34FNO6. The number of rotatable bonds is 8. The molecule has 8 heteroatoms. The van der Waals surface area contributed by atoms with E-state index < -0.39 is 28.9 Å². The second-order valence-electron chi connectivity index (χ2n) is 10.8. The number of halogens is 1. The topological polar surface area (TPSA) is 98.1 Å². The maximum atomic E-state index is 13.9. The fraction of sp³-hybridized carbons (Fsp3) is 0.355. The normalized spacial score (nSPS) is 20.5. The number of aliphatic hydroxyl groups is 2. The number of aryl methyl sites for hydroxylation is 1. The first-order valence-electron chi connectivity index (χ1n) is 12.7. The number of aliphatic hydroxyl groups excluding tert-OH is 1. The number of esters is 1. The van der Waals surface area contributed by atoms with Gasteiger partial charge in [0.05, 0.1) is 25.2 Å². The highest BCUT2D eigenvalue weighted by Gasteiger charge is 2.47. The minimum absolute atomic E-state index is 0.0554. The first-order valence-corrected chi connectivity index (χ1v) is 12.7. The standard InChI is InChI=1S/C31H34FNO6/c1-19-8-9-21(32)14-25(19)38-17-24-28(29(35)30(2,3)18-31(24,4)36)23-11-10-22(15-26(23)37-5)39-27(34)13-20-7-6-12-33-16-20/h6-12,14-16,29,35-36H,13,17-18H2,1-5H3. The first kappa shape index (κ1) is 28.3. The Morgan fingerprint density at radius 2 is 1.90 bits per heavy atom. The van der Waals surface area contributed by atoms with Crippen LogP contribution < -0.4 is 14.2 Å². The van der Waals surface area contributed by atoms with Gasteiger partial charge in [0.15, 0.2) is 0 Å².